The van der Waals surface area contributed by atoms with Gasteiger partial charge in [0.15, 0.2) is 5.82 Å². The molecular formula is C21H20N6OS. The molecule has 7 nitrogen and oxygen atoms in total. The minimum absolute atomic E-state index is 0.0671. The van der Waals surface area contributed by atoms with Crippen molar-refractivity contribution in [3.63, 3.8) is 0 Å². The molecule has 0 unspecified atom stereocenters. The Bertz CT molecular complexity index is 1150. The molecule has 0 atom stereocenters. The van der Waals surface area contributed by atoms with Gasteiger partial charge in [-0.1, -0.05) is 30.3 Å². The number of benzene rings is 1. The number of aromatic nitrogens is 5. The van der Waals surface area contributed by atoms with Gasteiger partial charge in [0.25, 0.3) is 5.91 Å². The first-order valence-electron chi connectivity index (χ1n) is 9.49. The molecular weight excluding hydrogens is 384 g/mol. The molecule has 0 saturated heterocycles. The first-order valence-corrected chi connectivity index (χ1v) is 10.4. The first kappa shape index (κ1) is 17.8. The molecule has 1 aliphatic rings. The minimum atomic E-state index is 0.0671. The number of carbonyl (C=O) groups excluding carboxylic acids is 1. The number of hydrogen-bond donors (Lipinski definition) is 0. The molecule has 1 aliphatic heterocycles. The zero-order valence-electron chi connectivity index (χ0n) is 16.0. The summed E-state index contributed by atoms with van der Waals surface area (Å²) in [4.78, 5) is 14.8. The summed E-state index contributed by atoms with van der Waals surface area (Å²) in [6.45, 7) is 1.90. The molecule has 4 heterocycles. The molecule has 146 valence electrons. The number of nitrogens with zero attached hydrogens (tertiary/aromatic N) is 6. The maximum Gasteiger partial charge on any atom is 0.255 e. The van der Waals surface area contributed by atoms with Crippen molar-refractivity contribution in [1.82, 2.24) is 29.4 Å². The number of fused-ring (bicyclic) bond motifs is 1. The molecule has 0 radical (unpaired) electrons. The average molecular weight is 404 g/mol. The third-order valence-corrected chi connectivity index (χ3v) is 6.00. The fraction of sp³-hybridized carbons (Fsp3) is 0.238. The van der Waals surface area contributed by atoms with E-state index >= 15 is 0 Å². The van der Waals surface area contributed by atoms with Gasteiger partial charge in [-0.3, -0.25) is 9.48 Å². The number of carbonyl (C=O) groups is 1. The zero-order valence-corrected chi connectivity index (χ0v) is 16.8. The third kappa shape index (κ3) is 3.25. The van der Waals surface area contributed by atoms with Crippen LogP contribution in [0, 0.1) is 0 Å². The highest BCUT2D eigenvalue weighted by Gasteiger charge is 2.29. The minimum Gasteiger partial charge on any atom is -0.334 e. The van der Waals surface area contributed by atoms with Crippen molar-refractivity contribution in [3.8, 4) is 11.5 Å². The van der Waals surface area contributed by atoms with Gasteiger partial charge in [0.1, 0.15) is 12.0 Å². The lowest BCUT2D eigenvalue weighted by Gasteiger charge is -2.27. The van der Waals surface area contributed by atoms with Crippen molar-refractivity contribution in [1.29, 1.82) is 0 Å². The Hall–Kier alpha value is -3.26. The Labute approximate surface area is 172 Å². The van der Waals surface area contributed by atoms with Crippen molar-refractivity contribution < 1.29 is 4.79 Å². The highest BCUT2D eigenvalue weighted by atomic mass is 32.1. The predicted molar refractivity (Wildman–Crippen MR) is 111 cm³/mol. The van der Waals surface area contributed by atoms with Crippen LogP contribution in [0.4, 0.5) is 0 Å². The van der Waals surface area contributed by atoms with Gasteiger partial charge in [-0.05, 0) is 17.0 Å². The fourth-order valence-corrected chi connectivity index (χ4v) is 4.48. The van der Waals surface area contributed by atoms with E-state index in [1.165, 1.54) is 5.56 Å². The average Bonchev–Trinajstić information content (AvgIpc) is 3.49. The topological polar surface area (TPSA) is 68.8 Å². The van der Waals surface area contributed by atoms with E-state index in [2.05, 4.69) is 22.3 Å². The van der Waals surface area contributed by atoms with E-state index in [0.29, 0.717) is 19.6 Å². The van der Waals surface area contributed by atoms with Crippen LogP contribution in [-0.2, 0) is 26.6 Å². The highest BCUT2D eigenvalue weighted by molar-refractivity contribution is 7.08. The van der Waals surface area contributed by atoms with Crippen molar-refractivity contribution >= 4 is 17.2 Å². The molecule has 0 fully saturated rings. The van der Waals surface area contributed by atoms with Crippen LogP contribution in [0.1, 0.15) is 27.2 Å². The van der Waals surface area contributed by atoms with Crippen LogP contribution in [0.15, 0.2) is 53.5 Å². The molecule has 29 heavy (non-hydrogen) atoms. The number of hydrogen-bond acceptors (Lipinski definition) is 5. The Balaban J connectivity index is 1.48. The van der Waals surface area contributed by atoms with E-state index in [4.69, 9.17) is 5.10 Å². The monoisotopic (exact) mass is 404 g/mol. The van der Waals surface area contributed by atoms with Gasteiger partial charge in [0, 0.05) is 36.7 Å². The lowest BCUT2D eigenvalue weighted by Crippen LogP contribution is -2.36. The standard InChI is InChI=1S/C21H20N6OS/c1-25-18-7-9-26(21(28)16-8-10-29-13-16)12-17(18)19(24-25)20-23-22-14-27(20)11-15-5-3-2-4-6-15/h2-6,8,10,13-14H,7,9,11-12H2,1H3. The maximum absolute atomic E-state index is 12.9. The van der Waals surface area contributed by atoms with Crippen LogP contribution >= 0.6 is 11.3 Å². The Kier molecular flexibility index (Phi) is 4.48. The van der Waals surface area contributed by atoms with Crippen LogP contribution < -0.4 is 0 Å². The first-order chi connectivity index (χ1) is 14.2. The zero-order chi connectivity index (χ0) is 19.8. The van der Waals surface area contributed by atoms with Gasteiger partial charge in [0.2, 0.25) is 0 Å². The summed E-state index contributed by atoms with van der Waals surface area (Å²) >= 11 is 1.54. The number of thiophene rings is 1. The lowest BCUT2D eigenvalue weighted by atomic mass is 10.0. The molecule has 8 heteroatoms. The molecule has 0 aliphatic carbocycles. The van der Waals surface area contributed by atoms with E-state index in [9.17, 15) is 4.79 Å². The van der Waals surface area contributed by atoms with Crippen molar-refractivity contribution in [2.24, 2.45) is 7.05 Å². The van der Waals surface area contributed by atoms with Gasteiger partial charge >= 0.3 is 0 Å². The molecule has 0 spiro atoms. The molecule has 1 aromatic carbocycles. The molecule has 3 aromatic heterocycles. The summed E-state index contributed by atoms with van der Waals surface area (Å²) in [5, 5.41) is 17.1. The van der Waals surface area contributed by atoms with E-state index < -0.39 is 0 Å². The van der Waals surface area contributed by atoms with Crippen molar-refractivity contribution in [2.75, 3.05) is 6.54 Å². The van der Waals surface area contributed by atoms with Crippen molar-refractivity contribution in [2.45, 2.75) is 19.5 Å². The number of amides is 1. The third-order valence-electron chi connectivity index (χ3n) is 5.32. The molecule has 4 aromatic rings. The number of rotatable bonds is 4. The second-order valence-corrected chi connectivity index (χ2v) is 7.93. The van der Waals surface area contributed by atoms with Crippen LogP contribution in [0.3, 0.4) is 0 Å². The Morgan fingerprint density at radius 2 is 2.07 bits per heavy atom. The summed E-state index contributed by atoms with van der Waals surface area (Å²) in [5.74, 6) is 0.799. The molecule has 0 bridgehead atoms. The largest absolute Gasteiger partial charge is 0.334 e. The predicted octanol–water partition coefficient (Wildman–Crippen LogP) is 2.99. The Morgan fingerprint density at radius 1 is 1.21 bits per heavy atom. The van der Waals surface area contributed by atoms with Gasteiger partial charge in [-0.15, -0.1) is 10.2 Å². The summed E-state index contributed by atoms with van der Waals surface area (Å²) < 4.78 is 3.93. The Morgan fingerprint density at radius 3 is 2.86 bits per heavy atom. The summed E-state index contributed by atoms with van der Waals surface area (Å²) in [6.07, 6.45) is 2.52. The van der Waals surface area contributed by atoms with Gasteiger partial charge in [-0.2, -0.15) is 16.4 Å². The summed E-state index contributed by atoms with van der Waals surface area (Å²) in [5.41, 5.74) is 4.94. The quantitative estimate of drug-likeness (QED) is 0.524. The molecule has 5 rings (SSSR count). The second kappa shape index (κ2) is 7.29. The molecule has 1 amide bonds. The fourth-order valence-electron chi connectivity index (χ4n) is 3.85. The van der Waals surface area contributed by atoms with Crippen LogP contribution in [0.5, 0.6) is 0 Å². The molecule has 0 saturated carbocycles. The van der Waals surface area contributed by atoms with E-state index in [0.717, 1.165) is 34.8 Å². The van der Waals surface area contributed by atoms with Gasteiger partial charge < -0.3 is 9.47 Å². The summed E-state index contributed by atoms with van der Waals surface area (Å²) in [7, 11) is 1.95. The van der Waals surface area contributed by atoms with Crippen molar-refractivity contribution in [3.05, 3.63) is 75.9 Å². The number of aryl methyl sites for hydroxylation is 1. The van der Waals surface area contributed by atoms with E-state index in [1.54, 1.807) is 17.7 Å². The molecule has 0 N–H and O–H groups in total. The van der Waals surface area contributed by atoms with E-state index in [-0.39, 0.29) is 5.91 Å². The highest BCUT2D eigenvalue weighted by Crippen LogP contribution is 2.29. The van der Waals surface area contributed by atoms with Gasteiger partial charge in [0.05, 0.1) is 18.7 Å². The van der Waals surface area contributed by atoms with Gasteiger partial charge in [-0.25, -0.2) is 0 Å². The summed E-state index contributed by atoms with van der Waals surface area (Å²) in [6, 6.07) is 12.1. The van der Waals surface area contributed by atoms with E-state index in [1.807, 2.05) is 56.2 Å². The van der Waals surface area contributed by atoms with Crippen LogP contribution in [-0.4, -0.2) is 41.9 Å². The SMILES string of the molecule is Cn1nc(-c2nncn2Cc2ccccc2)c2c1CCN(C(=O)c1ccsc1)C2. The normalized spacial score (nSPS) is 13.5. The second-order valence-electron chi connectivity index (χ2n) is 7.15. The van der Waals surface area contributed by atoms with Crippen LogP contribution in [0.25, 0.3) is 11.5 Å². The smallest absolute Gasteiger partial charge is 0.255 e. The maximum atomic E-state index is 12.9. The van der Waals surface area contributed by atoms with Crippen LogP contribution in [0.2, 0.25) is 0 Å². The lowest BCUT2D eigenvalue weighted by molar-refractivity contribution is 0.0734.